The number of methoxy groups -OCH3 is 1. The van der Waals surface area contributed by atoms with Gasteiger partial charge < -0.3 is 20.3 Å². The fourth-order valence-electron chi connectivity index (χ4n) is 2.72. The molecule has 0 spiro atoms. The number of pyridine rings is 1. The number of aromatic nitrogens is 3. The summed E-state index contributed by atoms with van der Waals surface area (Å²) in [5.74, 6) is -1.79. The van der Waals surface area contributed by atoms with Gasteiger partial charge in [0.15, 0.2) is 16.5 Å². The van der Waals surface area contributed by atoms with E-state index in [2.05, 4.69) is 5.16 Å². The molecule has 0 amide bonds. The Labute approximate surface area is 172 Å². The van der Waals surface area contributed by atoms with Crippen LogP contribution in [0.25, 0.3) is 22.8 Å². The first kappa shape index (κ1) is 20.4. The van der Waals surface area contributed by atoms with E-state index in [0.29, 0.717) is 10.3 Å². The first-order chi connectivity index (χ1) is 13.6. The van der Waals surface area contributed by atoms with Crippen molar-refractivity contribution < 1.29 is 28.8 Å². The number of ether oxygens (including phenoxy) is 1. The molecular weight excluding hydrogens is 431 g/mol. The van der Waals surface area contributed by atoms with Crippen molar-refractivity contribution in [2.45, 2.75) is 13.8 Å². The quantitative estimate of drug-likeness (QED) is 0.212. The third kappa shape index (κ3) is 3.13. The van der Waals surface area contributed by atoms with E-state index < -0.39 is 22.3 Å². The average Bonchev–Trinajstić information content (AvgIpc) is 3.06. The van der Waals surface area contributed by atoms with Crippen LogP contribution in [0.15, 0.2) is 16.7 Å². The van der Waals surface area contributed by atoms with E-state index in [1.165, 1.54) is 14.0 Å². The summed E-state index contributed by atoms with van der Waals surface area (Å²) in [5, 5.41) is 49.4. The smallest absolute Gasteiger partial charge is 0.391 e. The number of nitrogens with zero attached hydrogens (tertiary/aromatic N) is 4. The van der Waals surface area contributed by atoms with Crippen LogP contribution in [0.3, 0.4) is 0 Å². The van der Waals surface area contributed by atoms with E-state index in [-0.39, 0.29) is 43.3 Å². The van der Waals surface area contributed by atoms with Gasteiger partial charge in [-0.3, -0.25) is 10.1 Å². The molecule has 1 aromatic carbocycles. The zero-order valence-corrected chi connectivity index (χ0v) is 16.6. The number of hydrogen-bond donors (Lipinski definition) is 1. The zero-order chi connectivity index (χ0) is 21.6. The predicted molar refractivity (Wildman–Crippen MR) is 99.7 cm³/mol. The van der Waals surface area contributed by atoms with Crippen molar-refractivity contribution in [1.29, 1.82) is 0 Å². The topological polar surface area (TPSA) is 153 Å². The van der Waals surface area contributed by atoms with Gasteiger partial charge in [0.25, 0.3) is 0 Å². The fourth-order valence-corrected chi connectivity index (χ4v) is 3.24. The maximum Gasteiger partial charge on any atom is 0.391 e. The minimum atomic E-state index is -0.852. The third-order valence-electron chi connectivity index (χ3n) is 4.25. The monoisotopic (exact) mass is 442 g/mol. The molecule has 0 saturated carbocycles. The van der Waals surface area contributed by atoms with Crippen molar-refractivity contribution in [3.05, 3.63) is 54.1 Å². The summed E-state index contributed by atoms with van der Waals surface area (Å²) >= 11 is 12.2. The van der Waals surface area contributed by atoms with Crippen LogP contribution in [0.5, 0.6) is 11.5 Å². The standard InChI is InChI=1S/C16H12Cl2N4O7/c1-6-11(14(18)20(24)7(2)12(6)17)15-19-29-16(21(15)25)8-4-9(22(26)27)13(23)10(5-8)28-3/h4-5,23H,1-3H3. The molecule has 0 atom stereocenters. The minimum Gasteiger partial charge on any atom is -0.708 e. The van der Waals surface area contributed by atoms with Crippen LogP contribution in [0.4, 0.5) is 5.69 Å². The first-order valence-corrected chi connectivity index (χ1v) is 8.58. The second kappa shape index (κ2) is 7.26. The number of aromatic hydroxyl groups is 1. The maximum atomic E-state index is 12.8. The van der Waals surface area contributed by atoms with Crippen LogP contribution in [-0.2, 0) is 0 Å². The third-order valence-corrected chi connectivity index (χ3v) is 5.15. The molecule has 0 radical (unpaired) electrons. The Hall–Kier alpha value is -3.31. The van der Waals surface area contributed by atoms with Gasteiger partial charge in [0.05, 0.1) is 17.6 Å². The highest BCUT2D eigenvalue weighted by molar-refractivity contribution is 6.34. The molecule has 0 unspecified atom stereocenters. The van der Waals surface area contributed by atoms with Gasteiger partial charge in [-0.2, -0.15) is 9.46 Å². The Bertz CT molecular complexity index is 1130. The number of phenolic OH excluding ortho intramolecular Hbond substituents is 1. The average molecular weight is 443 g/mol. The summed E-state index contributed by atoms with van der Waals surface area (Å²) < 4.78 is 10.5. The van der Waals surface area contributed by atoms with Crippen molar-refractivity contribution in [3.8, 4) is 34.3 Å². The predicted octanol–water partition coefficient (Wildman–Crippen LogP) is 2.82. The van der Waals surface area contributed by atoms with Gasteiger partial charge in [0, 0.05) is 13.0 Å². The van der Waals surface area contributed by atoms with E-state index in [1.54, 1.807) is 6.92 Å². The summed E-state index contributed by atoms with van der Waals surface area (Å²) in [5.41, 5.74) is -0.398. The summed E-state index contributed by atoms with van der Waals surface area (Å²) in [4.78, 5) is 10.3. The molecule has 3 rings (SSSR count). The maximum absolute atomic E-state index is 12.8. The van der Waals surface area contributed by atoms with E-state index >= 15 is 0 Å². The lowest BCUT2D eigenvalue weighted by Gasteiger charge is -2.10. The van der Waals surface area contributed by atoms with Crippen molar-refractivity contribution in [2.75, 3.05) is 7.11 Å². The lowest BCUT2D eigenvalue weighted by atomic mass is 10.1. The van der Waals surface area contributed by atoms with E-state index in [4.69, 9.17) is 32.5 Å². The van der Waals surface area contributed by atoms with Crippen molar-refractivity contribution >= 4 is 28.9 Å². The van der Waals surface area contributed by atoms with Crippen LogP contribution < -0.4 is 14.2 Å². The van der Waals surface area contributed by atoms with Crippen LogP contribution in [0.2, 0.25) is 10.2 Å². The molecule has 3 aromatic rings. The largest absolute Gasteiger partial charge is 0.708 e. The fraction of sp³-hybridized carbons (Fsp3) is 0.188. The van der Waals surface area contributed by atoms with Crippen molar-refractivity contribution in [2.24, 2.45) is 0 Å². The second-order valence-corrected chi connectivity index (χ2v) is 6.63. The van der Waals surface area contributed by atoms with Crippen LogP contribution in [0.1, 0.15) is 11.3 Å². The number of halogens is 2. The second-order valence-electron chi connectivity index (χ2n) is 5.89. The molecule has 0 bridgehead atoms. The molecule has 11 nitrogen and oxygen atoms in total. The summed E-state index contributed by atoms with van der Waals surface area (Å²) in [7, 11) is 1.18. The number of nitro groups is 1. The number of nitro benzene ring substituents is 1. The lowest BCUT2D eigenvalue weighted by Crippen LogP contribution is -2.35. The minimum absolute atomic E-state index is 0.0532. The molecule has 0 saturated heterocycles. The number of rotatable bonds is 4. The van der Waals surface area contributed by atoms with E-state index in [0.717, 1.165) is 12.1 Å². The van der Waals surface area contributed by atoms with Gasteiger partial charge in [-0.15, -0.1) is 0 Å². The molecule has 1 N–H and O–H groups in total. The van der Waals surface area contributed by atoms with Crippen molar-refractivity contribution in [1.82, 2.24) is 5.16 Å². The first-order valence-electron chi connectivity index (χ1n) is 7.83. The highest BCUT2D eigenvalue weighted by Crippen LogP contribution is 2.40. The Morgan fingerprint density at radius 3 is 2.48 bits per heavy atom. The Morgan fingerprint density at radius 2 is 1.90 bits per heavy atom. The van der Waals surface area contributed by atoms with Gasteiger partial charge in [0.2, 0.25) is 11.4 Å². The molecule has 2 heterocycles. The van der Waals surface area contributed by atoms with Crippen LogP contribution in [-0.4, -0.2) is 22.3 Å². The molecule has 29 heavy (non-hydrogen) atoms. The lowest BCUT2D eigenvalue weighted by molar-refractivity contribution is -0.611. The number of hydrogen-bond acceptors (Lipinski definition) is 8. The van der Waals surface area contributed by atoms with Gasteiger partial charge in [0.1, 0.15) is 5.02 Å². The SMILES string of the molecule is COc1cc(-c2onc(-c3c(C)c(Cl)c(C)[n+]([O-])c3Cl)[n+]2[O-])cc([N+](=O)[O-])c1O. The molecule has 0 aliphatic heterocycles. The Kier molecular flexibility index (Phi) is 5.11. The van der Waals surface area contributed by atoms with Crippen LogP contribution >= 0.6 is 23.2 Å². The number of phenols is 1. The summed E-state index contributed by atoms with van der Waals surface area (Å²) in [6.45, 7) is 3.00. The summed E-state index contributed by atoms with van der Waals surface area (Å²) in [6, 6.07) is 2.08. The normalized spacial score (nSPS) is 10.9. The molecule has 2 aromatic heterocycles. The van der Waals surface area contributed by atoms with Crippen LogP contribution in [0, 0.1) is 34.4 Å². The molecular formula is C16H12Cl2N4O7. The molecule has 152 valence electrons. The summed E-state index contributed by atoms with van der Waals surface area (Å²) in [6.07, 6.45) is 0. The van der Waals surface area contributed by atoms with Crippen molar-refractivity contribution in [3.63, 3.8) is 0 Å². The van der Waals surface area contributed by atoms with Gasteiger partial charge in [-0.25, -0.2) is 4.52 Å². The number of benzene rings is 1. The highest BCUT2D eigenvalue weighted by atomic mass is 35.5. The van der Waals surface area contributed by atoms with Gasteiger partial charge in [-0.1, -0.05) is 11.6 Å². The van der Waals surface area contributed by atoms with Gasteiger partial charge in [-0.05, 0) is 30.2 Å². The highest BCUT2D eigenvalue weighted by Gasteiger charge is 2.34. The van der Waals surface area contributed by atoms with E-state index in [1.807, 2.05) is 0 Å². The molecule has 0 fully saturated rings. The molecule has 13 heteroatoms. The van der Waals surface area contributed by atoms with E-state index in [9.17, 15) is 25.6 Å². The zero-order valence-electron chi connectivity index (χ0n) is 15.1. The Balaban J connectivity index is 2.26. The Morgan fingerprint density at radius 1 is 1.24 bits per heavy atom. The molecule has 0 aliphatic carbocycles. The molecule has 0 aliphatic rings. The van der Waals surface area contributed by atoms with Gasteiger partial charge >= 0.3 is 22.6 Å².